The summed E-state index contributed by atoms with van der Waals surface area (Å²) in [7, 11) is 2.23. The van der Waals surface area contributed by atoms with Crippen LogP contribution >= 0.6 is 0 Å². The molecule has 16 heavy (non-hydrogen) atoms. The SMILES string of the molecule is CCNCCCC(C)N1CCN(C)C(C)C1. The zero-order chi connectivity index (χ0) is 12.0. The number of hydrogen-bond donors (Lipinski definition) is 1. The van der Waals surface area contributed by atoms with Gasteiger partial charge in [0.05, 0.1) is 0 Å². The fourth-order valence-electron chi connectivity index (χ4n) is 2.36. The lowest BCUT2D eigenvalue weighted by Gasteiger charge is -2.40. The van der Waals surface area contributed by atoms with Gasteiger partial charge in [0.1, 0.15) is 0 Å². The van der Waals surface area contributed by atoms with E-state index < -0.39 is 0 Å². The second-order valence-corrected chi connectivity index (χ2v) is 5.17. The molecule has 0 amide bonds. The van der Waals surface area contributed by atoms with E-state index in [0.717, 1.165) is 12.6 Å². The van der Waals surface area contributed by atoms with Crippen molar-refractivity contribution in [3.63, 3.8) is 0 Å². The smallest absolute Gasteiger partial charge is 0.0192 e. The predicted molar refractivity (Wildman–Crippen MR) is 70.9 cm³/mol. The fraction of sp³-hybridized carbons (Fsp3) is 1.00. The van der Waals surface area contributed by atoms with Gasteiger partial charge in [-0.25, -0.2) is 0 Å². The molecule has 0 spiro atoms. The van der Waals surface area contributed by atoms with Crippen LogP contribution in [0.5, 0.6) is 0 Å². The second kappa shape index (κ2) is 7.25. The fourth-order valence-corrected chi connectivity index (χ4v) is 2.36. The molecule has 2 atom stereocenters. The van der Waals surface area contributed by atoms with Gasteiger partial charge in [-0.15, -0.1) is 0 Å². The summed E-state index contributed by atoms with van der Waals surface area (Å²) in [6.45, 7) is 12.8. The molecule has 1 N–H and O–H groups in total. The molecule has 1 saturated heterocycles. The van der Waals surface area contributed by atoms with Crippen molar-refractivity contribution in [3.8, 4) is 0 Å². The van der Waals surface area contributed by atoms with E-state index in [-0.39, 0.29) is 0 Å². The van der Waals surface area contributed by atoms with Crippen molar-refractivity contribution >= 4 is 0 Å². The third kappa shape index (κ3) is 4.40. The number of likely N-dealkylation sites (N-methyl/N-ethyl adjacent to an activating group) is 1. The van der Waals surface area contributed by atoms with Crippen LogP contribution < -0.4 is 5.32 Å². The maximum atomic E-state index is 3.40. The Labute approximate surface area is 101 Å². The van der Waals surface area contributed by atoms with Gasteiger partial charge in [0.2, 0.25) is 0 Å². The molecule has 1 aliphatic heterocycles. The maximum absolute atomic E-state index is 3.40. The second-order valence-electron chi connectivity index (χ2n) is 5.17. The van der Waals surface area contributed by atoms with E-state index in [0.29, 0.717) is 6.04 Å². The van der Waals surface area contributed by atoms with Gasteiger partial charge in [-0.3, -0.25) is 4.90 Å². The molecule has 0 aromatic heterocycles. The summed E-state index contributed by atoms with van der Waals surface area (Å²) in [5.74, 6) is 0. The van der Waals surface area contributed by atoms with Crippen LogP contribution in [-0.2, 0) is 0 Å². The minimum absolute atomic E-state index is 0.713. The summed E-state index contributed by atoms with van der Waals surface area (Å²) < 4.78 is 0. The predicted octanol–water partition coefficient (Wildman–Crippen LogP) is 1.40. The van der Waals surface area contributed by atoms with Crippen LogP contribution in [0.1, 0.15) is 33.6 Å². The van der Waals surface area contributed by atoms with Crippen molar-refractivity contribution in [3.05, 3.63) is 0 Å². The minimum Gasteiger partial charge on any atom is -0.317 e. The van der Waals surface area contributed by atoms with E-state index in [1.165, 1.54) is 39.0 Å². The summed E-state index contributed by atoms with van der Waals surface area (Å²) in [6.07, 6.45) is 2.62. The molecule has 2 unspecified atom stereocenters. The Hall–Kier alpha value is -0.120. The number of hydrogen-bond acceptors (Lipinski definition) is 3. The van der Waals surface area contributed by atoms with Crippen molar-refractivity contribution in [2.24, 2.45) is 0 Å². The highest BCUT2D eigenvalue weighted by Crippen LogP contribution is 2.13. The van der Waals surface area contributed by atoms with Crippen LogP contribution in [0.15, 0.2) is 0 Å². The van der Waals surface area contributed by atoms with Gasteiger partial charge in [-0.1, -0.05) is 6.92 Å². The summed E-state index contributed by atoms with van der Waals surface area (Å²) in [4.78, 5) is 5.11. The molecule has 3 heteroatoms. The summed E-state index contributed by atoms with van der Waals surface area (Å²) in [5, 5.41) is 3.40. The van der Waals surface area contributed by atoms with Gasteiger partial charge < -0.3 is 10.2 Å². The van der Waals surface area contributed by atoms with Crippen molar-refractivity contribution in [2.75, 3.05) is 39.8 Å². The van der Waals surface area contributed by atoms with E-state index >= 15 is 0 Å². The van der Waals surface area contributed by atoms with E-state index in [4.69, 9.17) is 0 Å². The van der Waals surface area contributed by atoms with Gasteiger partial charge in [-0.05, 0) is 46.8 Å². The molecule has 1 aliphatic rings. The molecule has 1 heterocycles. The number of rotatable bonds is 6. The highest BCUT2D eigenvalue weighted by atomic mass is 15.3. The third-order valence-corrected chi connectivity index (χ3v) is 3.84. The van der Waals surface area contributed by atoms with Crippen LogP contribution in [0, 0.1) is 0 Å². The average molecular weight is 227 g/mol. The van der Waals surface area contributed by atoms with Gasteiger partial charge in [0.25, 0.3) is 0 Å². The Morgan fingerprint density at radius 3 is 2.75 bits per heavy atom. The number of nitrogens with one attached hydrogen (secondary N) is 1. The lowest BCUT2D eigenvalue weighted by atomic mass is 10.1. The van der Waals surface area contributed by atoms with E-state index in [1.54, 1.807) is 0 Å². The first kappa shape index (κ1) is 13.9. The minimum atomic E-state index is 0.713. The van der Waals surface area contributed by atoms with Gasteiger partial charge in [0, 0.05) is 31.7 Å². The molecule has 0 saturated carbocycles. The van der Waals surface area contributed by atoms with Crippen LogP contribution in [-0.4, -0.2) is 61.7 Å². The zero-order valence-electron chi connectivity index (χ0n) is 11.5. The first-order chi connectivity index (χ1) is 7.65. The Kier molecular flexibility index (Phi) is 6.32. The quantitative estimate of drug-likeness (QED) is 0.692. The molecule has 0 bridgehead atoms. The lowest BCUT2D eigenvalue weighted by molar-refractivity contribution is 0.0740. The van der Waals surface area contributed by atoms with Crippen molar-refractivity contribution in [1.29, 1.82) is 0 Å². The summed E-state index contributed by atoms with van der Waals surface area (Å²) >= 11 is 0. The molecule has 0 aliphatic carbocycles. The molecule has 1 fully saturated rings. The zero-order valence-corrected chi connectivity index (χ0v) is 11.5. The third-order valence-electron chi connectivity index (χ3n) is 3.84. The van der Waals surface area contributed by atoms with E-state index in [9.17, 15) is 0 Å². The molecule has 3 nitrogen and oxygen atoms in total. The topological polar surface area (TPSA) is 18.5 Å². The van der Waals surface area contributed by atoms with Crippen molar-refractivity contribution in [2.45, 2.75) is 45.7 Å². The normalized spacial score (nSPS) is 25.9. The summed E-state index contributed by atoms with van der Waals surface area (Å²) in [5.41, 5.74) is 0. The lowest BCUT2D eigenvalue weighted by Crippen LogP contribution is -2.52. The average Bonchev–Trinajstić information content (AvgIpc) is 2.28. The first-order valence-electron chi connectivity index (χ1n) is 6.80. The van der Waals surface area contributed by atoms with Crippen LogP contribution in [0.4, 0.5) is 0 Å². The monoisotopic (exact) mass is 227 g/mol. The molecular formula is C13H29N3. The highest BCUT2D eigenvalue weighted by molar-refractivity contribution is 4.80. The molecule has 0 aromatic rings. The van der Waals surface area contributed by atoms with Gasteiger partial charge in [-0.2, -0.15) is 0 Å². The standard InChI is InChI=1S/C13H29N3/c1-5-14-8-6-7-12(2)16-10-9-15(4)13(3)11-16/h12-14H,5-11H2,1-4H3. The molecule has 96 valence electrons. The highest BCUT2D eigenvalue weighted by Gasteiger charge is 2.23. The number of nitrogens with zero attached hydrogens (tertiary/aromatic N) is 2. The molecule has 0 aromatic carbocycles. The molecule has 1 rings (SSSR count). The van der Waals surface area contributed by atoms with Gasteiger partial charge in [0.15, 0.2) is 0 Å². The Bertz CT molecular complexity index is 184. The van der Waals surface area contributed by atoms with Gasteiger partial charge >= 0.3 is 0 Å². The van der Waals surface area contributed by atoms with Crippen molar-refractivity contribution in [1.82, 2.24) is 15.1 Å². The van der Waals surface area contributed by atoms with Crippen LogP contribution in [0.25, 0.3) is 0 Å². The largest absolute Gasteiger partial charge is 0.317 e. The molecular weight excluding hydrogens is 198 g/mol. The first-order valence-corrected chi connectivity index (χ1v) is 6.80. The Morgan fingerprint density at radius 2 is 2.12 bits per heavy atom. The van der Waals surface area contributed by atoms with Crippen LogP contribution in [0.2, 0.25) is 0 Å². The Morgan fingerprint density at radius 1 is 1.38 bits per heavy atom. The number of piperazine rings is 1. The van der Waals surface area contributed by atoms with E-state index in [1.807, 2.05) is 0 Å². The maximum Gasteiger partial charge on any atom is 0.0192 e. The van der Waals surface area contributed by atoms with Crippen LogP contribution in [0.3, 0.4) is 0 Å². The van der Waals surface area contributed by atoms with E-state index in [2.05, 4.69) is 42.9 Å². The molecule has 0 radical (unpaired) electrons. The Balaban J connectivity index is 2.18. The summed E-state index contributed by atoms with van der Waals surface area (Å²) in [6, 6.07) is 1.46. The van der Waals surface area contributed by atoms with Crippen molar-refractivity contribution < 1.29 is 0 Å².